The molecule has 0 saturated heterocycles. The first-order valence-electron chi connectivity index (χ1n) is 3.96. The molecule has 1 aromatic heterocycles. The van der Waals surface area contributed by atoms with Gasteiger partial charge in [0.15, 0.2) is 0 Å². The summed E-state index contributed by atoms with van der Waals surface area (Å²) in [5.74, 6) is 0.811. The van der Waals surface area contributed by atoms with Gasteiger partial charge in [-0.3, -0.25) is 4.99 Å². The van der Waals surface area contributed by atoms with Crippen LogP contribution >= 0.6 is 0 Å². The van der Waals surface area contributed by atoms with Gasteiger partial charge in [-0.05, 0) is 27.7 Å². The van der Waals surface area contributed by atoms with Gasteiger partial charge in [-0.1, -0.05) is 5.16 Å². The molecule has 1 rings (SSSR count). The number of rotatable bonds is 1. The van der Waals surface area contributed by atoms with Gasteiger partial charge in [0.05, 0.1) is 11.8 Å². The van der Waals surface area contributed by atoms with Crippen molar-refractivity contribution < 1.29 is 4.52 Å². The van der Waals surface area contributed by atoms with E-state index in [-0.39, 0.29) is 5.54 Å². The Labute approximate surface area is 72.5 Å². The van der Waals surface area contributed by atoms with Crippen LogP contribution in [0, 0.1) is 6.92 Å². The molecule has 0 aliphatic rings. The second-order valence-electron chi connectivity index (χ2n) is 3.79. The van der Waals surface area contributed by atoms with Crippen LogP contribution in [0.1, 0.15) is 32.2 Å². The van der Waals surface area contributed by atoms with E-state index in [4.69, 9.17) is 4.52 Å². The van der Waals surface area contributed by atoms with Crippen molar-refractivity contribution in [1.82, 2.24) is 5.16 Å². The molecular weight excluding hydrogens is 152 g/mol. The van der Waals surface area contributed by atoms with Gasteiger partial charge in [-0.2, -0.15) is 0 Å². The normalized spacial score (nSPS) is 12.7. The molecule has 0 N–H and O–H groups in total. The van der Waals surface area contributed by atoms with E-state index >= 15 is 0 Å². The lowest BCUT2D eigenvalue weighted by molar-refractivity contribution is 0.396. The molecule has 0 radical (unpaired) electrons. The maximum atomic E-state index is 4.89. The first-order valence-corrected chi connectivity index (χ1v) is 3.96. The van der Waals surface area contributed by atoms with Crippen molar-refractivity contribution in [1.29, 1.82) is 0 Å². The van der Waals surface area contributed by atoms with Crippen molar-refractivity contribution in [2.45, 2.75) is 33.2 Å². The SMILES string of the molecule is Cc1cc(C=NC(C)(C)C)no1. The Morgan fingerprint density at radius 3 is 2.58 bits per heavy atom. The van der Waals surface area contributed by atoms with Crippen LogP contribution in [0.2, 0.25) is 0 Å². The predicted molar refractivity (Wildman–Crippen MR) is 48.6 cm³/mol. The van der Waals surface area contributed by atoms with Gasteiger partial charge in [0, 0.05) is 6.07 Å². The Morgan fingerprint density at radius 2 is 2.17 bits per heavy atom. The summed E-state index contributed by atoms with van der Waals surface area (Å²) < 4.78 is 4.89. The number of hydrogen-bond acceptors (Lipinski definition) is 3. The van der Waals surface area contributed by atoms with Gasteiger partial charge in [-0.15, -0.1) is 0 Å². The van der Waals surface area contributed by atoms with Crippen molar-refractivity contribution in [3.8, 4) is 0 Å². The van der Waals surface area contributed by atoms with Crippen molar-refractivity contribution in [2.75, 3.05) is 0 Å². The Bertz CT molecular complexity index is 281. The van der Waals surface area contributed by atoms with Crippen LogP contribution in [0.5, 0.6) is 0 Å². The quantitative estimate of drug-likeness (QED) is 0.600. The highest BCUT2D eigenvalue weighted by atomic mass is 16.5. The Kier molecular flexibility index (Phi) is 2.31. The Hall–Kier alpha value is -1.12. The second-order valence-corrected chi connectivity index (χ2v) is 3.79. The number of aliphatic imine (C=N–C) groups is 1. The van der Waals surface area contributed by atoms with Crippen molar-refractivity contribution in [3.63, 3.8) is 0 Å². The molecule has 3 heteroatoms. The molecule has 3 nitrogen and oxygen atoms in total. The zero-order valence-electron chi connectivity index (χ0n) is 7.96. The number of nitrogens with zero attached hydrogens (tertiary/aromatic N) is 2. The molecule has 0 aliphatic heterocycles. The highest BCUT2D eigenvalue weighted by Crippen LogP contribution is 2.06. The van der Waals surface area contributed by atoms with Crippen LogP contribution < -0.4 is 0 Å². The van der Waals surface area contributed by atoms with Gasteiger partial charge >= 0.3 is 0 Å². The summed E-state index contributed by atoms with van der Waals surface area (Å²) in [6.45, 7) is 7.98. The highest BCUT2D eigenvalue weighted by molar-refractivity contribution is 5.77. The molecule has 0 bridgehead atoms. The third-order valence-corrected chi connectivity index (χ3v) is 1.23. The third kappa shape index (κ3) is 2.86. The maximum Gasteiger partial charge on any atom is 0.134 e. The van der Waals surface area contributed by atoms with Crippen molar-refractivity contribution >= 4 is 6.21 Å². The van der Waals surface area contributed by atoms with E-state index in [1.54, 1.807) is 6.21 Å². The Morgan fingerprint density at radius 1 is 1.50 bits per heavy atom. The minimum atomic E-state index is -0.0488. The van der Waals surface area contributed by atoms with E-state index in [0.717, 1.165) is 11.5 Å². The van der Waals surface area contributed by atoms with Crippen molar-refractivity contribution in [2.24, 2.45) is 4.99 Å². The average Bonchev–Trinajstić information content (AvgIpc) is 2.30. The van der Waals surface area contributed by atoms with Gasteiger partial charge in [0.25, 0.3) is 0 Å². The fourth-order valence-electron chi connectivity index (χ4n) is 0.706. The first kappa shape index (κ1) is 8.97. The van der Waals surface area contributed by atoms with Crippen LogP contribution in [-0.4, -0.2) is 16.9 Å². The molecule has 1 heterocycles. The lowest BCUT2D eigenvalue weighted by Crippen LogP contribution is -2.09. The minimum absolute atomic E-state index is 0.0488. The van der Waals surface area contributed by atoms with E-state index in [0.29, 0.717) is 0 Å². The van der Waals surface area contributed by atoms with Crippen molar-refractivity contribution in [3.05, 3.63) is 17.5 Å². The smallest absolute Gasteiger partial charge is 0.134 e. The Balaban J connectivity index is 2.70. The van der Waals surface area contributed by atoms with Crippen LogP contribution in [0.3, 0.4) is 0 Å². The third-order valence-electron chi connectivity index (χ3n) is 1.23. The summed E-state index contributed by atoms with van der Waals surface area (Å²) in [5.41, 5.74) is 0.731. The standard InChI is InChI=1S/C9H14N2O/c1-7-5-8(11-12-7)6-10-9(2,3)4/h5-6H,1-4H3. The molecule has 0 spiro atoms. The molecule has 12 heavy (non-hydrogen) atoms. The van der Waals surface area contributed by atoms with Gasteiger partial charge < -0.3 is 4.52 Å². The summed E-state index contributed by atoms with van der Waals surface area (Å²) in [6, 6.07) is 1.86. The molecule has 0 atom stereocenters. The topological polar surface area (TPSA) is 38.4 Å². The summed E-state index contributed by atoms with van der Waals surface area (Å²) in [6.07, 6.45) is 1.73. The summed E-state index contributed by atoms with van der Waals surface area (Å²) in [7, 11) is 0. The zero-order chi connectivity index (χ0) is 9.19. The summed E-state index contributed by atoms with van der Waals surface area (Å²) >= 11 is 0. The van der Waals surface area contributed by atoms with E-state index in [1.165, 1.54) is 0 Å². The van der Waals surface area contributed by atoms with Gasteiger partial charge in [0.1, 0.15) is 11.5 Å². The molecule has 0 fully saturated rings. The average molecular weight is 166 g/mol. The van der Waals surface area contributed by atoms with Gasteiger partial charge in [-0.25, -0.2) is 0 Å². The molecule has 0 unspecified atom stereocenters. The summed E-state index contributed by atoms with van der Waals surface area (Å²) in [4.78, 5) is 4.29. The van der Waals surface area contributed by atoms with E-state index in [9.17, 15) is 0 Å². The lowest BCUT2D eigenvalue weighted by atomic mass is 10.1. The zero-order valence-corrected chi connectivity index (χ0v) is 7.96. The van der Waals surface area contributed by atoms with E-state index < -0.39 is 0 Å². The highest BCUT2D eigenvalue weighted by Gasteiger charge is 2.05. The molecule has 0 amide bonds. The predicted octanol–water partition coefficient (Wildman–Crippen LogP) is 2.20. The molecule has 0 saturated carbocycles. The number of hydrogen-bond donors (Lipinski definition) is 0. The van der Waals surface area contributed by atoms with E-state index in [1.807, 2.05) is 33.8 Å². The number of aromatic nitrogens is 1. The minimum Gasteiger partial charge on any atom is -0.361 e. The monoisotopic (exact) mass is 166 g/mol. The van der Waals surface area contributed by atoms with Crippen LogP contribution in [0.15, 0.2) is 15.6 Å². The second kappa shape index (κ2) is 3.09. The van der Waals surface area contributed by atoms with Crippen LogP contribution in [-0.2, 0) is 0 Å². The molecule has 0 aliphatic carbocycles. The number of aryl methyl sites for hydroxylation is 1. The fraction of sp³-hybridized carbons (Fsp3) is 0.556. The molecule has 1 aromatic rings. The molecule has 66 valence electrons. The van der Waals surface area contributed by atoms with Crippen LogP contribution in [0.4, 0.5) is 0 Å². The largest absolute Gasteiger partial charge is 0.361 e. The molecular formula is C9H14N2O. The lowest BCUT2D eigenvalue weighted by Gasteiger charge is -2.09. The summed E-state index contributed by atoms with van der Waals surface area (Å²) in [5, 5.41) is 3.79. The van der Waals surface area contributed by atoms with E-state index in [2.05, 4.69) is 10.1 Å². The first-order chi connectivity index (χ1) is 5.47. The fourth-order valence-corrected chi connectivity index (χ4v) is 0.706. The van der Waals surface area contributed by atoms with Crippen LogP contribution in [0.25, 0.3) is 0 Å². The van der Waals surface area contributed by atoms with Gasteiger partial charge in [0.2, 0.25) is 0 Å². The maximum absolute atomic E-state index is 4.89. The molecule has 0 aromatic carbocycles.